The summed E-state index contributed by atoms with van der Waals surface area (Å²) in [6, 6.07) is 17.9. The lowest BCUT2D eigenvalue weighted by molar-refractivity contribution is 0.0322. The maximum atomic E-state index is 6.38. The third-order valence-corrected chi connectivity index (χ3v) is 7.04. The molecule has 0 spiro atoms. The third-order valence-electron chi connectivity index (χ3n) is 7.04. The van der Waals surface area contributed by atoms with Crippen LogP contribution in [0, 0.1) is 0 Å². The fraction of sp³-hybridized carbons (Fsp3) is 0.345. The first-order chi connectivity index (χ1) is 19.2. The van der Waals surface area contributed by atoms with Gasteiger partial charge in [-0.05, 0) is 36.4 Å². The lowest BCUT2D eigenvalue weighted by Crippen LogP contribution is -2.38. The third kappa shape index (κ3) is 6.03. The Kier molecular flexibility index (Phi) is 7.66. The van der Waals surface area contributed by atoms with E-state index in [-0.39, 0.29) is 0 Å². The number of hydrogen-bond acceptors (Lipinski definition) is 10. The minimum atomic E-state index is 0.409. The van der Waals surface area contributed by atoms with E-state index in [1.165, 1.54) is 5.69 Å². The van der Waals surface area contributed by atoms with Crippen LogP contribution >= 0.6 is 0 Å². The summed E-state index contributed by atoms with van der Waals surface area (Å²) < 4.78 is 16.9. The maximum absolute atomic E-state index is 6.38. The Morgan fingerprint density at radius 2 is 1.67 bits per heavy atom. The van der Waals surface area contributed by atoms with E-state index in [0.29, 0.717) is 18.4 Å². The van der Waals surface area contributed by atoms with Crippen LogP contribution in [0.5, 0.6) is 5.75 Å². The number of morpholine rings is 2. The molecule has 4 heterocycles. The predicted molar refractivity (Wildman–Crippen MR) is 153 cm³/mol. The van der Waals surface area contributed by atoms with Crippen LogP contribution in [0.4, 0.5) is 23.1 Å². The summed E-state index contributed by atoms with van der Waals surface area (Å²) in [7, 11) is 0. The fourth-order valence-corrected chi connectivity index (χ4v) is 4.91. The molecule has 2 aliphatic heterocycles. The average Bonchev–Trinajstić information content (AvgIpc) is 2.99. The Labute approximate surface area is 227 Å². The molecule has 2 saturated heterocycles. The number of fused-ring (bicyclic) bond motifs is 1. The molecule has 2 aromatic carbocycles. The van der Waals surface area contributed by atoms with Crippen LogP contribution in [0.3, 0.4) is 0 Å². The number of hydrogen-bond donors (Lipinski definition) is 2. The predicted octanol–water partition coefficient (Wildman–Crippen LogP) is 3.57. The summed E-state index contributed by atoms with van der Waals surface area (Å²) >= 11 is 0. The quantitative estimate of drug-likeness (QED) is 0.353. The second kappa shape index (κ2) is 11.8. The van der Waals surface area contributed by atoms with Gasteiger partial charge in [0.1, 0.15) is 18.2 Å². The number of nitrogen functional groups attached to an aromatic ring is 1. The number of nitrogens with zero attached hydrogens (tertiary/aromatic N) is 5. The van der Waals surface area contributed by atoms with E-state index < -0.39 is 0 Å². The van der Waals surface area contributed by atoms with Gasteiger partial charge in [0.15, 0.2) is 0 Å². The summed E-state index contributed by atoms with van der Waals surface area (Å²) in [5.74, 6) is 1.61. The molecule has 0 saturated carbocycles. The van der Waals surface area contributed by atoms with E-state index in [4.69, 9.17) is 24.9 Å². The van der Waals surface area contributed by atoms with E-state index in [1.54, 1.807) is 6.20 Å². The smallest absolute Gasteiger partial charge is 0.229 e. The summed E-state index contributed by atoms with van der Waals surface area (Å²) in [4.78, 5) is 18.6. The van der Waals surface area contributed by atoms with E-state index in [9.17, 15) is 0 Å². The highest BCUT2D eigenvalue weighted by molar-refractivity contribution is 5.98. The van der Waals surface area contributed by atoms with Crippen LogP contribution < -0.4 is 20.7 Å². The normalized spacial score (nSPS) is 16.4. The average molecular weight is 528 g/mol. The van der Waals surface area contributed by atoms with Crippen molar-refractivity contribution in [2.24, 2.45) is 0 Å². The molecule has 0 unspecified atom stereocenters. The zero-order valence-electron chi connectivity index (χ0n) is 21.9. The molecule has 0 bridgehead atoms. The molecule has 0 amide bonds. The number of ether oxygens (including phenoxy) is 3. The van der Waals surface area contributed by atoms with Crippen molar-refractivity contribution >= 4 is 34.0 Å². The molecule has 39 heavy (non-hydrogen) atoms. The second-order valence-corrected chi connectivity index (χ2v) is 9.58. The van der Waals surface area contributed by atoms with E-state index >= 15 is 0 Å². The number of rotatable bonds is 8. The Hall–Kier alpha value is -3.99. The van der Waals surface area contributed by atoms with Crippen molar-refractivity contribution in [2.75, 3.05) is 81.7 Å². The van der Waals surface area contributed by atoms with Gasteiger partial charge < -0.3 is 30.2 Å². The topological polar surface area (TPSA) is 111 Å². The molecule has 0 atom stereocenters. The zero-order valence-corrected chi connectivity index (χ0v) is 21.9. The van der Waals surface area contributed by atoms with E-state index in [1.807, 2.05) is 42.5 Å². The van der Waals surface area contributed by atoms with Gasteiger partial charge >= 0.3 is 0 Å². The first-order valence-electron chi connectivity index (χ1n) is 13.4. The van der Waals surface area contributed by atoms with Crippen LogP contribution in [0.2, 0.25) is 0 Å². The Morgan fingerprint density at radius 1 is 0.897 bits per heavy atom. The van der Waals surface area contributed by atoms with Crippen LogP contribution in [-0.4, -0.2) is 85.6 Å². The highest BCUT2D eigenvalue weighted by Crippen LogP contribution is 2.31. The fourth-order valence-electron chi connectivity index (χ4n) is 4.91. The Morgan fingerprint density at radius 3 is 2.46 bits per heavy atom. The minimum absolute atomic E-state index is 0.409. The summed E-state index contributed by atoms with van der Waals surface area (Å²) in [6.45, 7) is 8.21. The number of benzene rings is 2. The first kappa shape index (κ1) is 25.3. The molecule has 202 valence electrons. The van der Waals surface area contributed by atoms with Crippen LogP contribution in [0.15, 0.2) is 60.8 Å². The monoisotopic (exact) mass is 527 g/mol. The number of para-hydroxylation sites is 1. The zero-order chi connectivity index (χ0) is 26.4. The molecule has 6 rings (SSSR count). The van der Waals surface area contributed by atoms with Gasteiger partial charge in [-0.25, -0.2) is 4.98 Å². The first-order valence-corrected chi connectivity index (χ1v) is 13.4. The van der Waals surface area contributed by atoms with Gasteiger partial charge in [-0.15, -0.1) is 0 Å². The molecular weight excluding hydrogens is 494 g/mol. The number of nitrogens with two attached hydrogens (primary N) is 1. The lowest BCUT2D eigenvalue weighted by Gasteiger charge is -2.28. The van der Waals surface area contributed by atoms with Gasteiger partial charge in [0, 0.05) is 67.3 Å². The SMILES string of the molecule is Nc1nc(Nc2ccc(N3CCOCC3)cc2)nc2c(-c3cc(OCCN4CCOCC4)ccn3)cccc12. The molecule has 10 nitrogen and oxygen atoms in total. The van der Waals surface area contributed by atoms with Gasteiger partial charge in [-0.2, -0.15) is 4.98 Å². The van der Waals surface area contributed by atoms with Crippen LogP contribution in [0.1, 0.15) is 0 Å². The van der Waals surface area contributed by atoms with E-state index in [2.05, 4.69) is 37.2 Å². The van der Waals surface area contributed by atoms with Crippen LogP contribution in [-0.2, 0) is 9.47 Å². The van der Waals surface area contributed by atoms with Crippen molar-refractivity contribution in [3.05, 3.63) is 60.8 Å². The molecular formula is C29H33N7O3. The molecule has 3 N–H and O–H groups in total. The Balaban J connectivity index is 1.20. The molecule has 0 radical (unpaired) electrons. The van der Waals surface area contributed by atoms with Gasteiger partial charge in [0.2, 0.25) is 5.95 Å². The largest absolute Gasteiger partial charge is 0.492 e. The summed E-state index contributed by atoms with van der Waals surface area (Å²) in [6.07, 6.45) is 1.76. The summed E-state index contributed by atoms with van der Waals surface area (Å²) in [5.41, 5.74) is 10.8. The maximum Gasteiger partial charge on any atom is 0.229 e. The molecule has 0 aliphatic carbocycles. The van der Waals surface area contributed by atoms with E-state index in [0.717, 1.165) is 92.7 Å². The molecule has 4 aromatic rings. The number of anilines is 4. The highest BCUT2D eigenvalue weighted by atomic mass is 16.5. The van der Waals surface area contributed by atoms with Crippen molar-refractivity contribution in [1.82, 2.24) is 19.9 Å². The number of aromatic nitrogens is 3. The van der Waals surface area contributed by atoms with Gasteiger partial charge in [-0.1, -0.05) is 12.1 Å². The highest BCUT2D eigenvalue weighted by Gasteiger charge is 2.15. The molecule has 2 aromatic heterocycles. The van der Waals surface area contributed by atoms with Crippen molar-refractivity contribution in [1.29, 1.82) is 0 Å². The van der Waals surface area contributed by atoms with Gasteiger partial charge in [-0.3, -0.25) is 9.88 Å². The second-order valence-electron chi connectivity index (χ2n) is 9.58. The minimum Gasteiger partial charge on any atom is -0.492 e. The van der Waals surface area contributed by atoms with Crippen molar-refractivity contribution in [3.8, 4) is 17.0 Å². The van der Waals surface area contributed by atoms with Gasteiger partial charge in [0.05, 0.1) is 37.6 Å². The van der Waals surface area contributed by atoms with Crippen molar-refractivity contribution in [3.63, 3.8) is 0 Å². The molecule has 10 heteroatoms. The Bertz CT molecular complexity index is 1400. The molecule has 2 aliphatic rings. The van der Waals surface area contributed by atoms with Crippen molar-refractivity contribution < 1.29 is 14.2 Å². The summed E-state index contributed by atoms with van der Waals surface area (Å²) in [5, 5.41) is 4.09. The van der Waals surface area contributed by atoms with Gasteiger partial charge in [0.25, 0.3) is 0 Å². The standard InChI is InChI=1S/C29H33N7O3/c30-28-25-3-1-2-24(26-20-23(8-9-31-26)39-19-12-35-10-15-37-16-11-35)27(25)33-29(34-28)32-21-4-6-22(7-5-21)36-13-17-38-18-14-36/h1-9,20H,10-19H2,(H3,30,32,33,34). The lowest BCUT2D eigenvalue weighted by atomic mass is 10.1. The number of nitrogens with one attached hydrogen (secondary N) is 1. The molecule has 2 fully saturated rings. The van der Waals surface area contributed by atoms with Crippen LogP contribution in [0.25, 0.3) is 22.2 Å². The van der Waals surface area contributed by atoms with Crippen molar-refractivity contribution in [2.45, 2.75) is 0 Å². The number of pyridine rings is 1.